The summed E-state index contributed by atoms with van der Waals surface area (Å²) in [5.74, 6) is 0.813. The molecule has 0 spiro atoms. The minimum Gasteiger partial charge on any atom is -0.463 e. The average molecular weight is 476 g/mol. The molecule has 0 aliphatic carbocycles. The van der Waals surface area contributed by atoms with Crippen molar-refractivity contribution in [3.05, 3.63) is 23.3 Å². The van der Waals surface area contributed by atoms with Crippen LogP contribution in [0.4, 0.5) is 5.13 Å². The van der Waals surface area contributed by atoms with Crippen molar-refractivity contribution < 1.29 is 23.8 Å². The number of nitrogens with zero attached hydrogens (tertiary/aromatic N) is 2. The molecule has 2 fully saturated rings. The molecule has 1 amide bonds. The van der Waals surface area contributed by atoms with Crippen molar-refractivity contribution in [1.29, 1.82) is 0 Å². The Kier molecular flexibility index (Phi) is 7.63. The van der Waals surface area contributed by atoms with E-state index in [2.05, 4.69) is 15.2 Å². The lowest BCUT2D eigenvalue weighted by molar-refractivity contribution is -0.117. The van der Waals surface area contributed by atoms with Crippen molar-refractivity contribution in [3.8, 4) is 11.5 Å². The van der Waals surface area contributed by atoms with Gasteiger partial charge in [-0.3, -0.25) is 14.5 Å². The summed E-state index contributed by atoms with van der Waals surface area (Å²) in [4.78, 5) is 33.1. The Labute approximate surface area is 198 Å². The zero-order chi connectivity index (χ0) is 23.4. The third-order valence-corrected chi connectivity index (χ3v) is 7.29. The first-order valence-corrected chi connectivity index (χ1v) is 12.5. The molecule has 9 heteroatoms. The lowest BCUT2D eigenvalue weighted by Gasteiger charge is -2.34. The van der Waals surface area contributed by atoms with Gasteiger partial charge in [0.25, 0.3) is 0 Å². The van der Waals surface area contributed by atoms with Gasteiger partial charge in [-0.15, -0.1) is 0 Å². The molecule has 0 unspecified atom stereocenters. The quantitative estimate of drug-likeness (QED) is 0.559. The molecular formula is C24H33N3O5S. The maximum absolute atomic E-state index is 13.2. The Hall–Kier alpha value is -2.07. The summed E-state index contributed by atoms with van der Waals surface area (Å²) in [6.45, 7) is 6.81. The molecular weight excluding hydrogens is 442 g/mol. The third kappa shape index (κ3) is 6.50. The number of hydrogen-bond donors (Lipinski definition) is 2. The first kappa shape index (κ1) is 24.1. The summed E-state index contributed by atoms with van der Waals surface area (Å²) < 4.78 is 10.9. The first-order chi connectivity index (χ1) is 15.8. The van der Waals surface area contributed by atoms with Crippen LogP contribution in [0.2, 0.25) is 0 Å². The molecule has 2 aliphatic heterocycles. The van der Waals surface area contributed by atoms with Crippen LogP contribution in [0.3, 0.4) is 0 Å². The van der Waals surface area contributed by atoms with Gasteiger partial charge >= 0.3 is 0 Å². The molecule has 180 valence electrons. The van der Waals surface area contributed by atoms with E-state index in [-0.39, 0.29) is 24.2 Å². The van der Waals surface area contributed by atoms with E-state index in [4.69, 9.17) is 9.15 Å². The average Bonchev–Trinajstić information content (AvgIpc) is 3.44. The van der Waals surface area contributed by atoms with E-state index >= 15 is 0 Å². The minimum absolute atomic E-state index is 0.0385. The molecule has 2 aromatic heterocycles. The fraction of sp³-hybridized carbons (Fsp3) is 0.625. The number of thiazole rings is 1. The molecule has 2 N–H and O–H groups in total. The summed E-state index contributed by atoms with van der Waals surface area (Å²) >= 11 is 1.22. The second kappa shape index (κ2) is 10.5. The zero-order valence-corrected chi connectivity index (χ0v) is 20.2. The molecule has 2 aromatic rings. The summed E-state index contributed by atoms with van der Waals surface area (Å²) in [7, 11) is 0. The van der Waals surface area contributed by atoms with Crippen LogP contribution in [0.25, 0.3) is 11.5 Å². The van der Waals surface area contributed by atoms with Gasteiger partial charge in [0.15, 0.2) is 16.7 Å². The number of Topliss-reactive ketones (excluding diaryl/α,β-unsaturated/α-hetero) is 1. The van der Waals surface area contributed by atoms with Crippen molar-refractivity contribution in [2.45, 2.75) is 51.6 Å². The molecule has 33 heavy (non-hydrogen) atoms. The van der Waals surface area contributed by atoms with Crippen LogP contribution < -0.4 is 5.32 Å². The maximum atomic E-state index is 13.2. The van der Waals surface area contributed by atoms with Crippen molar-refractivity contribution >= 4 is 28.2 Å². The molecule has 2 aliphatic rings. The van der Waals surface area contributed by atoms with Gasteiger partial charge in [0, 0.05) is 19.1 Å². The molecule has 2 saturated heterocycles. The Morgan fingerprint density at radius 3 is 2.61 bits per heavy atom. The van der Waals surface area contributed by atoms with Crippen LogP contribution in [-0.2, 0) is 9.53 Å². The van der Waals surface area contributed by atoms with Gasteiger partial charge in [-0.1, -0.05) is 11.3 Å². The van der Waals surface area contributed by atoms with E-state index in [0.717, 1.165) is 32.4 Å². The number of amides is 1. The van der Waals surface area contributed by atoms with Gasteiger partial charge in [0.2, 0.25) is 5.91 Å². The van der Waals surface area contributed by atoms with E-state index in [1.807, 2.05) is 13.8 Å². The van der Waals surface area contributed by atoms with Crippen molar-refractivity contribution in [2.75, 3.05) is 38.2 Å². The molecule has 0 saturated carbocycles. The van der Waals surface area contributed by atoms with Gasteiger partial charge in [0.05, 0.1) is 18.4 Å². The number of hydrogen-bond acceptors (Lipinski definition) is 8. The number of ether oxygens (including phenoxy) is 1. The van der Waals surface area contributed by atoms with E-state index in [9.17, 15) is 14.7 Å². The largest absolute Gasteiger partial charge is 0.463 e. The number of carbonyl (C=O) groups is 2. The molecule has 8 nitrogen and oxygen atoms in total. The van der Waals surface area contributed by atoms with E-state index in [0.29, 0.717) is 53.4 Å². The number of aliphatic hydroxyl groups is 1. The first-order valence-electron chi connectivity index (χ1n) is 11.7. The van der Waals surface area contributed by atoms with Gasteiger partial charge in [-0.25, -0.2) is 4.98 Å². The Bertz CT molecular complexity index is 936. The fourth-order valence-electron chi connectivity index (χ4n) is 4.68. The number of anilines is 1. The van der Waals surface area contributed by atoms with Crippen LogP contribution >= 0.6 is 11.3 Å². The number of likely N-dealkylation sites (tertiary alicyclic amines) is 1. The van der Waals surface area contributed by atoms with Crippen molar-refractivity contribution in [3.63, 3.8) is 0 Å². The van der Waals surface area contributed by atoms with E-state index < -0.39 is 5.60 Å². The molecule has 0 aromatic carbocycles. The Morgan fingerprint density at radius 1 is 1.24 bits per heavy atom. The van der Waals surface area contributed by atoms with Crippen molar-refractivity contribution in [2.24, 2.45) is 11.8 Å². The predicted molar refractivity (Wildman–Crippen MR) is 126 cm³/mol. The SMILES string of the molecule is CC(C)(O)CC1CCN(CC(=O)Nc2nc(-c3ccco3)c(C(=O)C3CCOCC3)s2)CC1. The summed E-state index contributed by atoms with van der Waals surface area (Å²) in [6, 6.07) is 3.54. The van der Waals surface area contributed by atoms with Crippen LogP contribution in [0.5, 0.6) is 0 Å². The van der Waals surface area contributed by atoms with Crippen LogP contribution in [-0.4, -0.2) is 65.1 Å². The van der Waals surface area contributed by atoms with Crippen LogP contribution in [0.1, 0.15) is 55.6 Å². The number of nitrogens with one attached hydrogen (secondary N) is 1. The normalized spacial score (nSPS) is 19.0. The highest BCUT2D eigenvalue weighted by atomic mass is 32.1. The lowest BCUT2D eigenvalue weighted by atomic mass is 9.86. The third-order valence-electron chi connectivity index (χ3n) is 6.31. The fourth-order valence-corrected chi connectivity index (χ4v) is 5.69. The highest BCUT2D eigenvalue weighted by molar-refractivity contribution is 7.18. The number of rotatable bonds is 8. The Morgan fingerprint density at radius 2 is 1.97 bits per heavy atom. The van der Waals surface area contributed by atoms with Gasteiger partial charge in [-0.05, 0) is 77.1 Å². The number of aromatic nitrogens is 1. The molecule has 0 atom stereocenters. The highest BCUT2D eigenvalue weighted by Crippen LogP contribution is 2.35. The number of piperidine rings is 1. The molecule has 4 heterocycles. The molecule has 0 bridgehead atoms. The second-order valence-electron chi connectivity index (χ2n) is 9.71. The minimum atomic E-state index is -0.652. The van der Waals surface area contributed by atoms with Crippen molar-refractivity contribution in [1.82, 2.24) is 9.88 Å². The second-order valence-corrected chi connectivity index (χ2v) is 10.7. The number of furan rings is 1. The van der Waals surface area contributed by atoms with E-state index in [1.54, 1.807) is 18.4 Å². The summed E-state index contributed by atoms with van der Waals surface area (Å²) in [5, 5.41) is 13.3. The van der Waals surface area contributed by atoms with E-state index in [1.165, 1.54) is 11.3 Å². The van der Waals surface area contributed by atoms with Gasteiger partial charge in [0.1, 0.15) is 10.6 Å². The Balaban J connectivity index is 1.39. The zero-order valence-electron chi connectivity index (χ0n) is 19.3. The topological polar surface area (TPSA) is 105 Å². The predicted octanol–water partition coefficient (Wildman–Crippen LogP) is 3.82. The maximum Gasteiger partial charge on any atom is 0.240 e. The highest BCUT2D eigenvalue weighted by Gasteiger charge is 2.30. The van der Waals surface area contributed by atoms with Gasteiger partial charge < -0.3 is 19.6 Å². The van der Waals surface area contributed by atoms with Gasteiger partial charge in [-0.2, -0.15) is 0 Å². The standard InChI is InChI=1S/C24H33N3O5S/c1-24(2,30)14-16-5-9-27(10-6-16)15-19(28)25-23-26-20(18-4-3-11-32-18)22(33-23)21(29)17-7-12-31-13-8-17/h3-4,11,16-17,30H,5-10,12-15H2,1-2H3,(H,25,26,28). The monoisotopic (exact) mass is 475 g/mol. The molecule has 4 rings (SSSR count). The van der Waals surface area contributed by atoms with Crippen LogP contribution in [0.15, 0.2) is 22.8 Å². The smallest absolute Gasteiger partial charge is 0.240 e. The summed E-state index contributed by atoms with van der Waals surface area (Å²) in [6.07, 6.45) is 5.67. The molecule has 0 radical (unpaired) electrons. The summed E-state index contributed by atoms with van der Waals surface area (Å²) in [5.41, 5.74) is -0.162. The lowest BCUT2D eigenvalue weighted by Crippen LogP contribution is -2.40. The van der Waals surface area contributed by atoms with Crippen LogP contribution in [0, 0.1) is 11.8 Å². The number of carbonyl (C=O) groups excluding carboxylic acids is 2. The number of ketones is 1.